The van der Waals surface area contributed by atoms with E-state index in [-0.39, 0.29) is 17.1 Å². The van der Waals surface area contributed by atoms with E-state index in [0.29, 0.717) is 0 Å². The van der Waals surface area contributed by atoms with E-state index >= 15 is 0 Å². The standard InChI is InChI=1S/C18H22FNO/c1-11-4-15(19)2-3-16(11)20-17(21)18-8-12-5-13(9-18)7-14(6-12)10-18/h2-4,12-14H,5-10H2,1H3,(H,20,21). The Balaban J connectivity index is 1.57. The van der Waals surface area contributed by atoms with Gasteiger partial charge in [-0.25, -0.2) is 4.39 Å². The third kappa shape index (κ3) is 2.18. The number of nitrogens with one attached hydrogen (secondary N) is 1. The van der Waals surface area contributed by atoms with Gasteiger partial charge in [-0.1, -0.05) is 0 Å². The van der Waals surface area contributed by atoms with Crippen molar-refractivity contribution in [3.05, 3.63) is 29.6 Å². The van der Waals surface area contributed by atoms with E-state index in [1.807, 2.05) is 6.92 Å². The Kier molecular flexibility index (Phi) is 2.88. The van der Waals surface area contributed by atoms with Gasteiger partial charge in [0.05, 0.1) is 5.41 Å². The number of rotatable bonds is 2. The highest BCUT2D eigenvalue weighted by Crippen LogP contribution is 2.60. The number of aryl methyl sites for hydroxylation is 1. The number of amides is 1. The largest absolute Gasteiger partial charge is 0.325 e. The van der Waals surface area contributed by atoms with Crippen molar-refractivity contribution in [3.8, 4) is 0 Å². The minimum Gasteiger partial charge on any atom is -0.325 e. The molecule has 0 spiro atoms. The Morgan fingerprint density at radius 3 is 2.24 bits per heavy atom. The molecule has 0 aromatic heterocycles. The van der Waals surface area contributed by atoms with Gasteiger partial charge in [-0.2, -0.15) is 0 Å². The zero-order chi connectivity index (χ0) is 14.6. The summed E-state index contributed by atoms with van der Waals surface area (Å²) in [7, 11) is 0. The monoisotopic (exact) mass is 287 g/mol. The van der Waals surface area contributed by atoms with Crippen LogP contribution in [0.4, 0.5) is 10.1 Å². The van der Waals surface area contributed by atoms with Crippen molar-refractivity contribution >= 4 is 11.6 Å². The lowest BCUT2D eigenvalue weighted by Crippen LogP contribution is -2.51. The fraction of sp³-hybridized carbons (Fsp3) is 0.611. The predicted octanol–water partition coefficient (Wildman–Crippen LogP) is 4.29. The molecule has 0 unspecified atom stereocenters. The van der Waals surface area contributed by atoms with Crippen molar-refractivity contribution in [2.75, 3.05) is 5.32 Å². The molecule has 0 aliphatic heterocycles. The van der Waals surface area contributed by atoms with Crippen LogP contribution in [0, 0.1) is 35.9 Å². The molecule has 4 aliphatic carbocycles. The number of benzene rings is 1. The summed E-state index contributed by atoms with van der Waals surface area (Å²) in [6.45, 7) is 1.85. The van der Waals surface area contributed by atoms with Crippen LogP contribution in [0.2, 0.25) is 0 Å². The number of hydrogen-bond acceptors (Lipinski definition) is 1. The van der Waals surface area contributed by atoms with Crippen molar-refractivity contribution in [2.24, 2.45) is 23.2 Å². The van der Waals surface area contributed by atoms with Crippen molar-refractivity contribution in [3.63, 3.8) is 0 Å². The van der Waals surface area contributed by atoms with Crippen LogP contribution in [-0.2, 0) is 4.79 Å². The summed E-state index contributed by atoms with van der Waals surface area (Å²) in [5.74, 6) is 2.21. The summed E-state index contributed by atoms with van der Waals surface area (Å²) in [4.78, 5) is 12.9. The average molecular weight is 287 g/mol. The van der Waals surface area contributed by atoms with Crippen molar-refractivity contribution < 1.29 is 9.18 Å². The summed E-state index contributed by atoms with van der Waals surface area (Å²) in [5, 5.41) is 3.09. The molecule has 3 heteroatoms. The SMILES string of the molecule is Cc1cc(F)ccc1NC(=O)C12CC3CC(CC(C3)C1)C2. The topological polar surface area (TPSA) is 29.1 Å². The van der Waals surface area contributed by atoms with Gasteiger partial charge in [0.15, 0.2) is 0 Å². The zero-order valence-corrected chi connectivity index (χ0v) is 12.5. The number of carbonyl (C=O) groups is 1. The summed E-state index contributed by atoms with van der Waals surface area (Å²) >= 11 is 0. The van der Waals surface area contributed by atoms with Crippen LogP contribution in [0.5, 0.6) is 0 Å². The molecule has 0 atom stereocenters. The molecular weight excluding hydrogens is 265 g/mol. The first-order chi connectivity index (χ1) is 10.0. The average Bonchev–Trinajstić information content (AvgIpc) is 2.40. The van der Waals surface area contributed by atoms with Gasteiger partial charge in [0, 0.05) is 5.69 Å². The molecule has 0 radical (unpaired) electrons. The van der Waals surface area contributed by atoms with Gasteiger partial charge >= 0.3 is 0 Å². The van der Waals surface area contributed by atoms with E-state index in [0.717, 1.165) is 48.3 Å². The minimum absolute atomic E-state index is 0.143. The molecule has 21 heavy (non-hydrogen) atoms. The van der Waals surface area contributed by atoms with Gasteiger partial charge in [0.25, 0.3) is 0 Å². The first kappa shape index (κ1) is 13.3. The van der Waals surface area contributed by atoms with Crippen LogP contribution in [-0.4, -0.2) is 5.91 Å². The zero-order valence-electron chi connectivity index (χ0n) is 12.5. The van der Waals surface area contributed by atoms with Crippen LogP contribution >= 0.6 is 0 Å². The van der Waals surface area contributed by atoms with Crippen molar-refractivity contribution in [1.29, 1.82) is 0 Å². The van der Waals surface area contributed by atoms with Gasteiger partial charge in [-0.05, 0) is 87.0 Å². The Morgan fingerprint density at radius 2 is 1.71 bits per heavy atom. The highest BCUT2D eigenvalue weighted by atomic mass is 19.1. The summed E-state index contributed by atoms with van der Waals surface area (Å²) < 4.78 is 13.2. The number of hydrogen-bond donors (Lipinski definition) is 1. The summed E-state index contributed by atoms with van der Waals surface area (Å²) in [6.07, 6.45) is 7.19. The molecule has 4 fully saturated rings. The molecule has 4 aliphatic rings. The van der Waals surface area contributed by atoms with E-state index in [4.69, 9.17) is 0 Å². The van der Waals surface area contributed by atoms with E-state index < -0.39 is 0 Å². The maximum absolute atomic E-state index is 13.2. The fourth-order valence-corrected chi connectivity index (χ4v) is 5.41. The molecule has 1 aromatic carbocycles. The van der Waals surface area contributed by atoms with E-state index in [2.05, 4.69) is 5.32 Å². The van der Waals surface area contributed by atoms with E-state index in [9.17, 15) is 9.18 Å². The molecule has 112 valence electrons. The second kappa shape index (κ2) is 4.56. The van der Waals surface area contributed by atoms with Gasteiger partial charge in [-0.3, -0.25) is 4.79 Å². The highest BCUT2D eigenvalue weighted by molar-refractivity contribution is 5.96. The quantitative estimate of drug-likeness (QED) is 0.863. The second-order valence-corrected chi connectivity index (χ2v) is 7.61. The van der Waals surface area contributed by atoms with Crippen LogP contribution in [0.1, 0.15) is 44.1 Å². The minimum atomic E-state index is -0.250. The molecule has 0 saturated heterocycles. The molecule has 0 heterocycles. The third-order valence-corrected chi connectivity index (χ3v) is 5.96. The predicted molar refractivity (Wildman–Crippen MR) is 80.4 cm³/mol. The number of anilines is 1. The van der Waals surface area contributed by atoms with Crippen molar-refractivity contribution in [1.82, 2.24) is 0 Å². The Labute approximate surface area is 125 Å². The molecule has 5 rings (SSSR count). The maximum atomic E-state index is 13.2. The lowest BCUT2D eigenvalue weighted by molar-refractivity contribution is -0.140. The normalized spacial score (nSPS) is 36.8. The van der Waals surface area contributed by atoms with Crippen molar-refractivity contribution in [2.45, 2.75) is 45.4 Å². The molecule has 1 N–H and O–H groups in total. The number of halogens is 1. The molecule has 4 saturated carbocycles. The van der Waals surface area contributed by atoms with Gasteiger partial charge in [0.1, 0.15) is 5.82 Å². The summed E-state index contributed by atoms with van der Waals surface area (Å²) in [6, 6.07) is 4.58. The second-order valence-electron chi connectivity index (χ2n) is 7.61. The Hall–Kier alpha value is -1.38. The number of carbonyl (C=O) groups excluding carboxylic acids is 1. The van der Waals surface area contributed by atoms with E-state index in [1.165, 1.54) is 31.4 Å². The molecule has 4 bridgehead atoms. The lowest BCUT2D eigenvalue weighted by atomic mass is 9.49. The Bertz CT molecular complexity index is 560. The third-order valence-electron chi connectivity index (χ3n) is 5.96. The van der Waals surface area contributed by atoms with Gasteiger partial charge < -0.3 is 5.32 Å². The van der Waals surface area contributed by atoms with Crippen LogP contribution in [0.25, 0.3) is 0 Å². The summed E-state index contributed by atoms with van der Waals surface area (Å²) in [5.41, 5.74) is 1.42. The Morgan fingerprint density at radius 1 is 1.14 bits per heavy atom. The highest BCUT2D eigenvalue weighted by Gasteiger charge is 2.54. The van der Waals surface area contributed by atoms with Gasteiger partial charge in [-0.15, -0.1) is 0 Å². The first-order valence-corrected chi connectivity index (χ1v) is 8.12. The molecule has 1 aromatic rings. The fourth-order valence-electron chi connectivity index (χ4n) is 5.41. The van der Waals surface area contributed by atoms with E-state index in [1.54, 1.807) is 6.07 Å². The smallest absolute Gasteiger partial charge is 0.230 e. The molecule has 2 nitrogen and oxygen atoms in total. The molecular formula is C18H22FNO. The van der Waals surface area contributed by atoms with Crippen LogP contribution in [0.3, 0.4) is 0 Å². The molecule has 1 amide bonds. The first-order valence-electron chi connectivity index (χ1n) is 8.12. The maximum Gasteiger partial charge on any atom is 0.230 e. The van der Waals surface area contributed by atoms with Crippen LogP contribution < -0.4 is 5.32 Å². The van der Waals surface area contributed by atoms with Crippen LogP contribution in [0.15, 0.2) is 18.2 Å². The lowest BCUT2D eigenvalue weighted by Gasteiger charge is -2.55. The van der Waals surface area contributed by atoms with Gasteiger partial charge in [0.2, 0.25) is 5.91 Å².